The van der Waals surface area contributed by atoms with Gasteiger partial charge in [0.1, 0.15) is 11.4 Å². The molecule has 7 heteroatoms. The number of aromatic nitrogens is 2. The molecule has 1 N–H and O–H groups in total. The van der Waals surface area contributed by atoms with E-state index in [1.807, 2.05) is 24.3 Å². The molecule has 0 saturated carbocycles. The Kier molecular flexibility index (Phi) is 5.27. The second kappa shape index (κ2) is 7.82. The third-order valence-electron chi connectivity index (χ3n) is 4.93. The van der Waals surface area contributed by atoms with Gasteiger partial charge in [-0.15, -0.1) is 11.3 Å². The van der Waals surface area contributed by atoms with Crippen LogP contribution in [-0.2, 0) is 30.6 Å². The number of halogens is 1. The second-order valence-corrected chi connectivity index (χ2v) is 8.25. The van der Waals surface area contributed by atoms with E-state index < -0.39 is 0 Å². The summed E-state index contributed by atoms with van der Waals surface area (Å²) in [7, 11) is 0. The molecule has 0 aliphatic heterocycles. The molecule has 5 nitrogen and oxygen atoms in total. The molecule has 2 aromatic heterocycles. The predicted octanol–water partition coefficient (Wildman–Crippen LogP) is 3.35. The fraction of sp³-hybridized carbons (Fsp3) is 0.350. The molecule has 2 heterocycles. The van der Waals surface area contributed by atoms with E-state index in [-0.39, 0.29) is 18.0 Å². The molecule has 0 bridgehead atoms. The molecule has 0 radical (unpaired) electrons. The van der Waals surface area contributed by atoms with Crippen molar-refractivity contribution in [1.29, 1.82) is 0 Å². The summed E-state index contributed by atoms with van der Waals surface area (Å²) in [6.45, 7) is 0.454. The summed E-state index contributed by atoms with van der Waals surface area (Å²) >= 11 is 7.74. The minimum Gasteiger partial charge on any atom is -0.354 e. The van der Waals surface area contributed by atoms with Gasteiger partial charge in [-0.25, -0.2) is 4.98 Å². The third kappa shape index (κ3) is 3.77. The number of amides is 1. The molecule has 0 atom stereocenters. The first kappa shape index (κ1) is 18.2. The normalized spacial score (nSPS) is 13.5. The fourth-order valence-corrected chi connectivity index (χ4v) is 4.99. The first-order valence-electron chi connectivity index (χ1n) is 9.13. The van der Waals surface area contributed by atoms with Crippen LogP contribution in [0.4, 0.5) is 0 Å². The zero-order valence-electron chi connectivity index (χ0n) is 14.8. The maximum atomic E-state index is 12.9. The molecule has 0 spiro atoms. The number of hydrogen-bond donors (Lipinski definition) is 1. The van der Waals surface area contributed by atoms with Gasteiger partial charge in [-0.2, -0.15) is 0 Å². The lowest BCUT2D eigenvalue weighted by atomic mass is 9.97. The van der Waals surface area contributed by atoms with Gasteiger partial charge in [-0.1, -0.05) is 29.8 Å². The average Bonchev–Trinajstić information content (AvgIpc) is 3.05. The molecule has 1 aliphatic rings. The predicted molar refractivity (Wildman–Crippen MR) is 109 cm³/mol. The minimum atomic E-state index is -0.200. The van der Waals surface area contributed by atoms with Crippen LogP contribution in [0.3, 0.4) is 0 Å². The standard InChI is InChI=1S/C20H20ClN3O2S/c21-15-7-3-1-5-13(15)9-10-22-17(25)11-24-12-23-19-18(20(24)26)14-6-2-4-8-16(14)27-19/h1,3,5,7,12H,2,4,6,8-11H2,(H,22,25). The SMILES string of the molecule is O=C(Cn1cnc2sc3c(c2c1=O)CCCC3)NCCc1ccccc1Cl. The summed E-state index contributed by atoms with van der Waals surface area (Å²) in [5, 5.41) is 4.26. The Balaban J connectivity index is 1.45. The number of benzene rings is 1. The number of nitrogens with one attached hydrogen (secondary N) is 1. The van der Waals surface area contributed by atoms with E-state index in [4.69, 9.17) is 11.6 Å². The topological polar surface area (TPSA) is 64.0 Å². The lowest BCUT2D eigenvalue weighted by Gasteiger charge is -2.11. The Morgan fingerprint density at radius 3 is 2.93 bits per heavy atom. The summed E-state index contributed by atoms with van der Waals surface area (Å²) in [6.07, 6.45) is 6.37. The highest BCUT2D eigenvalue weighted by atomic mass is 35.5. The van der Waals surface area contributed by atoms with Gasteiger partial charge >= 0.3 is 0 Å². The number of hydrogen-bond acceptors (Lipinski definition) is 4. The summed E-state index contributed by atoms with van der Waals surface area (Å²) in [6, 6.07) is 7.57. The average molecular weight is 402 g/mol. The van der Waals surface area contributed by atoms with Crippen molar-refractivity contribution < 1.29 is 4.79 Å². The van der Waals surface area contributed by atoms with Crippen molar-refractivity contribution in [2.45, 2.75) is 38.6 Å². The number of carbonyl (C=O) groups excluding carboxylic acids is 1. The molecule has 140 valence electrons. The van der Waals surface area contributed by atoms with Crippen molar-refractivity contribution >= 4 is 39.1 Å². The summed E-state index contributed by atoms with van der Waals surface area (Å²) in [5.74, 6) is -0.200. The first-order valence-corrected chi connectivity index (χ1v) is 10.3. The molecule has 0 saturated heterocycles. The Morgan fingerprint density at radius 2 is 2.07 bits per heavy atom. The molecule has 4 rings (SSSR count). The lowest BCUT2D eigenvalue weighted by Crippen LogP contribution is -2.33. The van der Waals surface area contributed by atoms with Crippen molar-refractivity contribution in [1.82, 2.24) is 14.9 Å². The number of thiophene rings is 1. The zero-order chi connectivity index (χ0) is 18.8. The second-order valence-electron chi connectivity index (χ2n) is 6.76. The molecule has 3 aromatic rings. The fourth-order valence-electron chi connectivity index (χ4n) is 3.54. The van der Waals surface area contributed by atoms with Gasteiger partial charge in [0.05, 0.1) is 11.7 Å². The van der Waals surface area contributed by atoms with Gasteiger partial charge in [0, 0.05) is 16.4 Å². The summed E-state index contributed by atoms with van der Waals surface area (Å²) in [5.41, 5.74) is 2.03. The number of carbonyl (C=O) groups is 1. The number of fused-ring (bicyclic) bond motifs is 3. The van der Waals surface area contributed by atoms with Crippen LogP contribution in [0.25, 0.3) is 10.2 Å². The number of rotatable bonds is 5. The van der Waals surface area contributed by atoms with Crippen LogP contribution < -0.4 is 10.9 Å². The molecule has 0 fully saturated rings. The van der Waals surface area contributed by atoms with Gasteiger partial charge in [-0.05, 0) is 49.3 Å². The molecule has 1 aliphatic carbocycles. The van der Waals surface area contributed by atoms with E-state index in [1.54, 1.807) is 11.3 Å². The Morgan fingerprint density at radius 1 is 1.26 bits per heavy atom. The smallest absolute Gasteiger partial charge is 0.262 e. The van der Waals surface area contributed by atoms with E-state index in [1.165, 1.54) is 22.2 Å². The van der Waals surface area contributed by atoms with Crippen molar-refractivity contribution in [2.75, 3.05) is 6.54 Å². The first-order chi connectivity index (χ1) is 13.1. The number of nitrogens with zero attached hydrogens (tertiary/aromatic N) is 2. The van der Waals surface area contributed by atoms with E-state index in [9.17, 15) is 9.59 Å². The monoisotopic (exact) mass is 401 g/mol. The summed E-state index contributed by atoms with van der Waals surface area (Å²) in [4.78, 5) is 31.6. The van der Waals surface area contributed by atoms with Crippen molar-refractivity contribution in [3.63, 3.8) is 0 Å². The molecule has 0 unspecified atom stereocenters. The van der Waals surface area contributed by atoms with Crippen molar-refractivity contribution in [2.24, 2.45) is 0 Å². The van der Waals surface area contributed by atoms with E-state index >= 15 is 0 Å². The molecule has 27 heavy (non-hydrogen) atoms. The van der Waals surface area contributed by atoms with Crippen LogP contribution in [0, 0.1) is 0 Å². The summed E-state index contributed by atoms with van der Waals surface area (Å²) < 4.78 is 1.41. The molecular weight excluding hydrogens is 382 g/mol. The van der Waals surface area contributed by atoms with Gasteiger partial charge in [0.2, 0.25) is 5.91 Å². The third-order valence-corrected chi connectivity index (χ3v) is 6.50. The quantitative estimate of drug-likeness (QED) is 0.713. The van der Waals surface area contributed by atoms with Gasteiger partial charge in [0.25, 0.3) is 5.56 Å². The number of aryl methyl sites for hydroxylation is 2. The molecular formula is C20H20ClN3O2S. The van der Waals surface area contributed by atoms with Crippen LogP contribution in [0.5, 0.6) is 0 Å². The Labute approximate surface area is 166 Å². The highest BCUT2D eigenvalue weighted by Gasteiger charge is 2.20. The Hall–Kier alpha value is -2.18. The van der Waals surface area contributed by atoms with Crippen molar-refractivity contribution in [3.8, 4) is 0 Å². The van der Waals surface area contributed by atoms with Crippen LogP contribution >= 0.6 is 22.9 Å². The van der Waals surface area contributed by atoms with Crippen molar-refractivity contribution in [3.05, 3.63) is 62.0 Å². The van der Waals surface area contributed by atoms with Gasteiger partial charge in [-0.3, -0.25) is 14.2 Å². The van der Waals surface area contributed by atoms with E-state index in [0.29, 0.717) is 23.4 Å². The zero-order valence-corrected chi connectivity index (χ0v) is 16.4. The van der Waals surface area contributed by atoms with E-state index in [2.05, 4.69) is 10.3 Å². The van der Waals surface area contributed by atoms with Crippen LogP contribution in [0.15, 0.2) is 35.4 Å². The largest absolute Gasteiger partial charge is 0.354 e. The van der Waals surface area contributed by atoms with Crippen LogP contribution in [0.1, 0.15) is 28.8 Å². The maximum absolute atomic E-state index is 12.9. The maximum Gasteiger partial charge on any atom is 0.262 e. The molecule has 1 amide bonds. The highest BCUT2D eigenvalue weighted by Crippen LogP contribution is 2.33. The van der Waals surface area contributed by atoms with Crippen LogP contribution in [0.2, 0.25) is 5.02 Å². The Bertz CT molecular complexity index is 1060. The minimum absolute atomic E-state index is 0.0189. The van der Waals surface area contributed by atoms with Gasteiger partial charge in [0.15, 0.2) is 0 Å². The van der Waals surface area contributed by atoms with Gasteiger partial charge < -0.3 is 5.32 Å². The van der Waals surface area contributed by atoms with Crippen LogP contribution in [-0.4, -0.2) is 22.0 Å². The van der Waals surface area contributed by atoms with E-state index in [0.717, 1.165) is 35.2 Å². The molecule has 1 aromatic carbocycles. The highest BCUT2D eigenvalue weighted by molar-refractivity contribution is 7.18. The lowest BCUT2D eigenvalue weighted by molar-refractivity contribution is -0.121.